The van der Waals surface area contributed by atoms with Gasteiger partial charge in [0.15, 0.2) is 0 Å². The molecule has 0 saturated carbocycles. The minimum atomic E-state index is -0.413. The molecule has 0 saturated heterocycles. The van der Waals surface area contributed by atoms with Gasteiger partial charge in [0.2, 0.25) is 5.82 Å². The number of nitrogens with zero attached hydrogens (tertiary/aromatic N) is 1. The summed E-state index contributed by atoms with van der Waals surface area (Å²) in [4.78, 5) is 18.3. The highest BCUT2D eigenvalue weighted by molar-refractivity contribution is 5.90. The topological polar surface area (TPSA) is 55.0 Å². The lowest BCUT2D eigenvalue weighted by Crippen LogP contribution is -2.06. The molecule has 2 aromatic rings. The molecule has 1 aromatic carbocycles. The van der Waals surface area contributed by atoms with E-state index in [0.717, 1.165) is 11.0 Å². The zero-order valence-electron chi connectivity index (χ0n) is 7.78. The van der Waals surface area contributed by atoms with Crippen LogP contribution >= 0.6 is 0 Å². The number of hydrogen-bond donors (Lipinski definition) is 1. The first-order valence-electron chi connectivity index (χ1n) is 4.43. The summed E-state index contributed by atoms with van der Waals surface area (Å²) in [5.74, 6) is -0.156. The van der Waals surface area contributed by atoms with Gasteiger partial charge < -0.3 is 9.72 Å². The monoisotopic (exact) mass is 190 g/mol. The van der Waals surface area contributed by atoms with Crippen molar-refractivity contribution >= 4 is 17.0 Å². The number of nitrogens with one attached hydrogen (secondary N) is 1. The van der Waals surface area contributed by atoms with Crippen LogP contribution in [0.3, 0.4) is 0 Å². The zero-order chi connectivity index (χ0) is 9.97. The molecule has 4 nitrogen and oxygen atoms in total. The van der Waals surface area contributed by atoms with Gasteiger partial charge in [0.05, 0.1) is 17.6 Å². The smallest absolute Gasteiger partial charge is 0.374 e. The Kier molecular flexibility index (Phi) is 2.18. The van der Waals surface area contributed by atoms with Gasteiger partial charge in [0.25, 0.3) is 0 Å². The van der Waals surface area contributed by atoms with Crippen molar-refractivity contribution in [1.29, 1.82) is 0 Å². The molecule has 14 heavy (non-hydrogen) atoms. The van der Waals surface area contributed by atoms with Crippen molar-refractivity contribution in [2.75, 3.05) is 6.61 Å². The molecule has 0 spiro atoms. The Bertz CT molecular complexity index is 429. The third kappa shape index (κ3) is 1.46. The lowest BCUT2D eigenvalue weighted by atomic mass is 10.3. The Morgan fingerprint density at radius 1 is 1.50 bits per heavy atom. The second kappa shape index (κ2) is 3.49. The number of benzene rings is 1. The number of fused-ring (bicyclic) bond motifs is 1. The van der Waals surface area contributed by atoms with Crippen LogP contribution in [-0.2, 0) is 4.74 Å². The van der Waals surface area contributed by atoms with E-state index in [4.69, 9.17) is 4.74 Å². The van der Waals surface area contributed by atoms with Crippen LogP contribution in [-0.4, -0.2) is 22.5 Å². The van der Waals surface area contributed by atoms with Gasteiger partial charge in [-0.3, -0.25) is 0 Å². The number of aromatic amines is 1. The maximum atomic E-state index is 11.3. The van der Waals surface area contributed by atoms with Crippen LogP contribution in [0, 0.1) is 0 Å². The highest BCUT2D eigenvalue weighted by atomic mass is 16.5. The summed E-state index contributed by atoms with van der Waals surface area (Å²) in [5, 5.41) is 0. The predicted octanol–water partition coefficient (Wildman–Crippen LogP) is 1.74. The summed E-state index contributed by atoms with van der Waals surface area (Å²) < 4.78 is 4.82. The zero-order valence-corrected chi connectivity index (χ0v) is 7.78. The van der Waals surface area contributed by atoms with Crippen molar-refractivity contribution in [2.45, 2.75) is 6.92 Å². The molecule has 1 heterocycles. The number of aromatic nitrogens is 2. The SMILES string of the molecule is CCOC(=O)c1nc2ccccc2[nH]1. The molecular weight excluding hydrogens is 180 g/mol. The predicted molar refractivity (Wildman–Crippen MR) is 52.1 cm³/mol. The molecule has 0 aliphatic heterocycles. The van der Waals surface area contributed by atoms with Gasteiger partial charge in [-0.15, -0.1) is 0 Å². The molecule has 0 bridgehead atoms. The largest absolute Gasteiger partial charge is 0.460 e. The number of carbonyl (C=O) groups excluding carboxylic acids is 1. The number of H-pyrrole nitrogens is 1. The molecule has 0 amide bonds. The average molecular weight is 190 g/mol. The minimum Gasteiger partial charge on any atom is -0.460 e. The Hall–Kier alpha value is -1.84. The molecule has 1 N–H and O–H groups in total. The average Bonchev–Trinajstić information content (AvgIpc) is 2.61. The van der Waals surface area contributed by atoms with Crippen molar-refractivity contribution in [3.63, 3.8) is 0 Å². The lowest BCUT2D eigenvalue weighted by Gasteiger charge is -1.95. The molecule has 0 aliphatic rings. The number of esters is 1. The van der Waals surface area contributed by atoms with Crippen LogP contribution in [0.15, 0.2) is 24.3 Å². The summed E-state index contributed by atoms with van der Waals surface area (Å²) in [6.45, 7) is 2.12. The third-order valence-corrected chi connectivity index (χ3v) is 1.86. The summed E-state index contributed by atoms with van der Waals surface area (Å²) in [7, 11) is 0. The number of para-hydroxylation sites is 2. The molecule has 0 unspecified atom stereocenters. The van der Waals surface area contributed by atoms with E-state index in [9.17, 15) is 4.79 Å². The third-order valence-electron chi connectivity index (χ3n) is 1.86. The van der Waals surface area contributed by atoms with Gasteiger partial charge in [0, 0.05) is 0 Å². The Morgan fingerprint density at radius 3 is 3.00 bits per heavy atom. The maximum Gasteiger partial charge on any atom is 0.374 e. The molecule has 2 rings (SSSR count). The van der Waals surface area contributed by atoms with Crippen molar-refractivity contribution in [2.24, 2.45) is 0 Å². The van der Waals surface area contributed by atoms with Gasteiger partial charge in [0.1, 0.15) is 0 Å². The van der Waals surface area contributed by atoms with Crippen LogP contribution < -0.4 is 0 Å². The van der Waals surface area contributed by atoms with Crippen LogP contribution in [0.25, 0.3) is 11.0 Å². The molecule has 1 aromatic heterocycles. The van der Waals surface area contributed by atoms with Crippen molar-refractivity contribution in [3.05, 3.63) is 30.1 Å². The van der Waals surface area contributed by atoms with E-state index in [-0.39, 0.29) is 5.82 Å². The standard InChI is InChI=1S/C10H10N2O2/c1-2-14-10(13)9-11-7-5-3-4-6-8(7)12-9/h3-6H,2H2,1H3,(H,11,12). The second-order valence-corrected chi connectivity index (χ2v) is 2.82. The Labute approximate surface area is 80.9 Å². The number of carbonyl (C=O) groups is 1. The second-order valence-electron chi connectivity index (χ2n) is 2.82. The van der Waals surface area contributed by atoms with Crippen molar-refractivity contribution in [1.82, 2.24) is 9.97 Å². The van der Waals surface area contributed by atoms with E-state index in [1.165, 1.54) is 0 Å². The van der Waals surface area contributed by atoms with E-state index in [2.05, 4.69) is 9.97 Å². The fourth-order valence-electron chi connectivity index (χ4n) is 1.25. The van der Waals surface area contributed by atoms with Gasteiger partial charge in [-0.05, 0) is 19.1 Å². The fraction of sp³-hybridized carbons (Fsp3) is 0.200. The summed E-state index contributed by atoms with van der Waals surface area (Å²) >= 11 is 0. The summed E-state index contributed by atoms with van der Waals surface area (Å²) in [5.41, 5.74) is 1.62. The quantitative estimate of drug-likeness (QED) is 0.734. The van der Waals surface area contributed by atoms with Crippen LogP contribution in [0.4, 0.5) is 0 Å². The van der Waals surface area contributed by atoms with Crippen LogP contribution in [0.2, 0.25) is 0 Å². The first-order chi connectivity index (χ1) is 6.81. The Balaban J connectivity index is 2.40. The van der Waals surface area contributed by atoms with Gasteiger partial charge in [-0.1, -0.05) is 12.1 Å². The lowest BCUT2D eigenvalue weighted by molar-refractivity contribution is 0.0514. The van der Waals surface area contributed by atoms with E-state index in [0.29, 0.717) is 6.61 Å². The van der Waals surface area contributed by atoms with Crippen LogP contribution in [0.1, 0.15) is 17.5 Å². The highest BCUT2D eigenvalue weighted by Crippen LogP contribution is 2.10. The number of imidazole rings is 1. The fourth-order valence-corrected chi connectivity index (χ4v) is 1.25. The van der Waals surface area contributed by atoms with Gasteiger partial charge in [-0.25, -0.2) is 9.78 Å². The normalized spacial score (nSPS) is 10.4. The molecular formula is C10H10N2O2. The molecule has 72 valence electrons. The van der Waals surface area contributed by atoms with E-state index in [1.807, 2.05) is 24.3 Å². The first-order valence-corrected chi connectivity index (χ1v) is 4.43. The van der Waals surface area contributed by atoms with Gasteiger partial charge >= 0.3 is 5.97 Å². The number of hydrogen-bond acceptors (Lipinski definition) is 3. The van der Waals surface area contributed by atoms with E-state index >= 15 is 0 Å². The molecule has 4 heteroatoms. The maximum absolute atomic E-state index is 11.3. The van der Waals surface area contributed by atoms with E-state index < -0.39 is 5.97 Å². The minimum absolute atomic E-state index is 0.257. The van der Waals surface area contributed by atoms with Gasteiger partial charge in [-0.2, -0.15) is 0 Å². The molecule has 0 aliphatic carbocycles. The number of rotatable bonds is 2. The van der Waals surface area contributed by atoms with E-state index in [1.54, 1.807) is 6.92 Å². The van der Waals surface area contributed by atoms with Crippen molar-refractivity contribution < 1.29 is 9.53 Å². The van der Waals surface area contributed by atoms with Crippen molar-refractivity contribution in [3.8, 4) is 0 Å². The van der Waals surface area contributed by atoms with Crippen LogP contribution in [0.5, 0.6) is 0 Å². The number of ether oxygens (including phenoxy) is 1. The molecule has 0 atom stereocenters. The summed E-state index contributed by atoms with van der Waals surface area (Å²) in [6.07, 6.45) is 0. The molecule has 0 fully saturated rings. The highest BCUT2D eigenvalue weighted by Gasteiger charge is 2.11. The summed E-state index contributed by atoms with van der Waals surface area (Å²) in [6, 6.07) is 7.47. The molecule has 0 radical (unpaired) electrons. The first kappa shape index (κ1) is 8.74. The Morgan fingerprint density at radius 2 is 2.29 bits per heavy atom.